The highest BCUT2D eigenvalue weighted by molar-refractivity contribution is 7.86. The Balaban J connectivity index is 2.14. The first-order valence-electron chi connectivity index (χ1n) is 8.60. The molecule has 30 heavy (non-hydrogen) atoms. The van der Waals surface area contributed by atoms with E-state index in [1.807, 2.05) is 0 Å². The van der Waals surface area contributed by atoms with Crippen LogP contribution in [0, 0.1) is 0 Å². The maximum absolute atomic E-state index is 11.6. The van der Waals surface area contributed by atoms with Crippen LogP contribution >= 0.6 is 0 Å². The quantitative estimate of drug-likeness (QED) is 0.532. The minimum absolute atomic E-state index is 0.0444. The van der Waals surface area contributed by atoms with Gasteiger partial charge in [0.25, 0.3) is 0 Å². The Labute approximate surface area is 173 Å². The summed E-state index contributed by atoms with van der Waals surface area (Å²) < 4.78 is 49.6. The van der Waals surface area contributed by atoms with Crippen molar-refractivity contribution in [2.45, 2.75) is 0 Å². The molecule has 0 fully saturated rings. The Morgan fingerprint density at radius 1 is 0.800 bits per heavy atom. The zero-order chi connectivity index (χ0) is 21.9. The second-order valence-electron chi connectivity index (χ2n) is 6.10. The minimum atomic E-state index is -3.75. The summed E-state index contributed by atoms with van der Waals surface area (Å²) in [6.45, 7) is 0. The van der Waals surface area contributed by atoms with E-state index in [2.05, 4.69) is 15.4 Å². The number of ether oxygens (including phenoxy) is 4. The first kappa shape index (κ1) is 21.2. The van der Waals surface area contributed by atoms with Crippen molar-refractivity contribution in [3.63, 3.8) is 0 Å². The van der Waals surface area contributed by atoms with E-state index in [0.717, 1.165) is 6.26 Å². The number of rotatable bonds is 8. The molecule has 3 aromatic rings. The van der Waals surface area contributed by atoms with Crippen LogP contribution in [-0.4, -0.2) is 58.5 Å². The maximum Gasteiger partial charge on any atom is 0.306 e. The SMILES string of the molecule is COc1ccc(-c2[nH]nnc2-c2cc(OC)c(OC)c(OC)c2)cc1OS(C)(=O)=O. The van der Waals surface area contributed by atoms with Crippen molar-refractivity contribution in [2.24, 2.45) is 0 Å². The lowest BCUT2D eigenvalue weighted by Crippen LogP contribution is -2.07. The maximum atomic E-state index is 11.6. The first-order valence-corrected chi connectivity index (χ1v) is 10.4. The molecule has 0 saturated carbocycles. The standard InChI is InChI=1S/C19H21N3O7S/c1-25-13-7-6-11(8-14(13)29-30(5,23)24)17-18(21-22-20-17)12-9-15(26-2)19(28-4)16(10-12)27-3/h6-10H,1-5H3,(H,20,21,22). The van der Waals surface area contributed by atoms with Crippen molar-refractivity contribution in [3.8, 4) is 51.3 Å². The minimum Gasteiger partial charge on any atom is -0.493 e. The van der Waals surface area contributed by atoms with Gasteiger partial charge in [0.2, 0.25) is 5.75 Å². The lowest BCUT2D eigenvalue weighted by atomic mass is 10.0. The Bertz CT molecular complexity index is 1130. The van der Waals surface area contributed by atoms with Crippen LogP contribution in [0.15, 0.2) is 30.3 Å². The third-order valence-corrected chi connectivity index (χ3v) is 4.66. The molecular formula is C19H21N3O7S. The van der Waals surface area contributed by atoms with Crippen molar-refractivity contribution in [2.75, 3.05) is 34.7 Å². The number of nitrogens with zero attached hydrogens (tertiary/aromatic N) is 2. The molecule has 1 heterocycles. The molecule has 2 aromatic carbocycles. The summed E-state index contributed by atoms with van der Waals surface area (Å²) in [5, 5.41) is 10.9. The lowest BCUT2D eigenvalue weighted by Gasteiger charge is -2.14. The second-order valence-corrected chi connectivity index (χ2v) is 7.68. The topological polar surface area (TPSA) is 122 Å². The molecule has 3 rings (SSSR count). The average molecular weight is 435 g/mol. The van der Waals surface area contributed by atoms with Gasteiger partial charge in [-0.15, -0.1) is 5.10 Å². The number of hydrogen-bond acceptors (Lipinski definition) is 9. The summed E-state index contributed by atoms with van der Waals surface area (Å²) in [5.41, 5.74) is 2.26. The van der Waals surface area contributed by atoms with Gasteiger partial charge >= 0.3 is 10.1 Å². The monoisotopic (exact) mass is 435 g/mol. The number of H-pyrrole nitrogens is 1. The number of hydrogen-bond donors (Lipinski definition) is 1. The van der Waals surface area contributed by atoms with E-state index in [0.29, 0.717) is 39.8 Å². The van der Waals surface area contributed by atoms with Gasteiger partial charge in [0.05, 0.1) is 40.4 Å². The average Bonchev–Trinajstić information content (AvgIpc) is 3.21. The number of benzene rings is 2. The van der Waals surface area contributed by atoms with Gasteiger partial charge in [-0.2, -0.15) is 8.42 Å². The van der Waals surface area contributed by atoms with Gasteiger partial charge in [-0.3, -0.25) is 5.10 Å². The van der Waals surface area contributed by atoms with Crippen LogP contribution < -0.4 is 23.1 Å². The predicted molar refractivity (Wildman–Crippen MR) is 109 cm³/mol. The van der Waals surface area contributed by atoms with Crippen LogP contribution in [0.4, 0.5) is 0 Å². The summed E-state index contributed by atoms with van der Waals surface area (Å²) in [6, 6.07) is 8.32. The normalized spacial score (nSPS) is 11.1. The molecule has 11 heteroatoms. The van der Waals surface area contributed by atoms with Crippen molar-refractivity contribution in [1.29, 1.82) is 0 Å². The molecule has 1 aromatic heterocycles. The highest BCUT2D eigenvalue weighted by atomic mass is 32.2. The molecule has 0 aliphatic heterocycles. The van der Waals surface area contributed by atoms with Gasteiger partial charge < -0.3 is 23.1 Å². The van der Waals surface area contributed by atoms with E-state index in [1.165, 1.54) is 34.5 Å². The van der Waals surface area contributed by atoms with Crippen LogP contribution in [0.5, 0.6) is 28.7 Å². The summed E-state index contributed by atoms with van der Waals surface area (Å²) in [4.78, 5) is 0. The highest BCUT2D eigenvalue weighted by Gasteiger charge is 2.20. The van der Waals surface area contributed by atoms with Crippen molar-refractivity contribution < 1.29 is 31.5 Å². The van der Waals surface area contributed by atoms with Gasteiger partial charge in [0, 0.05) is 11.1 Å². The molecule has 0 radical (unpaired) electrons. The van der Waals surface area contributed by atoms with Crippen LogP contribution in [-0.2, 0) is 10.1 Å². The molecule has 0 spiro atoms. The Morgan fingerprint density at radius 2 is 1.40 bits per heavy atom. The van der Waals surface area contributed by atoms with Gasteiger partial charge in [-0.05, 0) is 30.3 Å². The van der Waals surface area contributed by atoms with Crippen LogP contribution in [0.2, 0.25) is 0 Å². The van der Waals surface area contributed by atoms with Gasteiger partial charge in [-0.25, -0.2) is 0 Å². The molecule has 0 saturated heterocycles. The number of methoxy groups -OCH3 is 4. The van der Waals surface area contributed by atoms with Crippen molar-refractivity contribution in [1.82, 2.24) is 15.4 Å². The molecule has 0 aliphatic rings. The fourth-order valence-electron chi connectivity index (χ4n) is 2.91. The summed E-state index contributed by atoms with van der Waals surface area (Å²) >= 11 is 0. The zero-order valence-corrected chi connectivity index (χ0v) is 17.9. The molecule has 0 bridgehead atoms. The molecule has 0 amide bonds. The second kappa shape index (κ2) is 8.49. The molecular weight excluding hydrogens is 414 g/mol. The number of nitrogens with one attached hydrogen (secondary N) is 1. The molecule has 10 nitrogen and oxygen atoms in total. The molecule has 1 N–H and O–H groups in total. The third kappa shape index (κ3) is 4.25. The lowest BCUT2D eigenvalue weighted by molar-refractivity contribution is 0.324. The van der Waals surface area contributed by atoms with Gasteiger partial charge in [0.15, 0.2) is 23.0 Å². The summed E-state index contributed by atoms with van der Waals surface area (Å²) in [5.74, 6) is 1.67. The third-order valence-electron chi connectivity index (χ3n) is 4.18. The first-order chi connectivity index (χ1) is 14.3. The van der Waals surface area contributed by atoms with Crippen LogP contribution in [0.1, 0.15) is 0 Å². The Hall–Kier alpha value is -3.47. The van der Waals surface area contributed by atoms with Crippen molar-refractivity contribution in [3.05, 3.63) is 30.3 Å². The summed E-state index contributed by atoms with van der Waals surface area (Å²) in [7, 11) is 2.22. The Morgan fingerprint density at radius 3 is 1.93 bits per heavy atom. The Kier molecular flexibility index (Phi) is 6.01. The smallest absolute Gasteiger partial charge is 0.306 e. The molecule has 0 unspecified atom stereocenters. The predicted octanol–water partition coefficient (Wildman–Crippen LogP) is 2.51. The fraction of sp³-hybridized carbons (Fsp3) is 0.263. The summed E-state index contributed by atoms with van der Waals surface area (Å²) in [6.07, 6.45) is 0.957. The van der Waals surface area contributed by atoms with E-state index in [4.69, 9.17) is 23.1 Å². The van der Waals surface area contributed by atoms with E-state index < -0.39 is 10.1 Å². The highest BCUT2D eigenvalue weighted by Crippen LogP contribution is 2.43. The largest absolute Gasteiger partial charge is 0.493 e. The van der Waals surface area contributed by atoms with Gasteiger partial charge in [-0.1, -0.05) is 5.21 Å². The van der Waals surface area contributed by atoms with Crippen molar-refractivity contribution >= 4 is 10.1 Å². The van der Waals surface area contributed by atoms with E-state index in [-0.39, 0.29) is 11.5 Å². The zero-order valence-electron chi connectivity index (χ0n) is 17.0. The molecule has 0 atom stereocenters. The van der Waals surface area contributed by atoms with Crippen LogP contribution in [0.25, 0.3) is 22.5 Å². The van der Waals surface area contributed by atoms with E-state index in [1.54, 1.807) is 24.3 Å². The fourth-order valence-corrected chi connectivity index (χ4v) is 3.37. The van der Waals surface area contributed by atoms with E-state index in [9.17, 15) is 8.42 Å². The van der Waals surface area contributed by atoms with E-state index >= 15 is 0 Å². The number of aromatic amines is 1. The molecule has 0 aliphatic carbocycles. The van der Waals surface area contributed by atoms with Gasteiger partial charge in [0.1, 0.15) is 5.69 Å². The number of aromatic nitrogens is 3. The van der Waals surface area contributed by atoms with Crippen LogP contribution in [0.3, 0.4) is 0 Å². The molecule has 160 valence electrons.